The Hall–Kier alpha value is -1.06. The Kier molecular flexibility index (Phi) is 3.15. The molecule has 1 saturated heterocycles. The minimum atomic E-state index is -3.09. The number of benzene rings is 1. The molecule has 0 aromatic heterocycles. The first-order chi connectivity index (χ1) is 7.95. The number of anilines is 1. The van der Waals surface area contributed by atoms with Gasteiger partial charge in [0.05, 0.1) is 17.6 Å². The van der Waals surface area contributed by atoms with Crippen molar-refractivity contribution in [2.24, 2.45) is 0 Å². The lowest BCUT2D eigenvalue weighted by Gasteiger charge is -2.22. The zero-order valence-corrected chi connectivity index (χ0v) is 11.4. The number of nitrogens with zero attached hydrogens (tertiary/aromatic N) is 1. The molecule has 1 aromatic rings. The molecule has 0 aliphatic carbocycles. The summed E-state index contributed by atoms with van der Waals surface area (Å²) < 4.78 is 23.8. The van der Waals surface area contributed by atoms with Gasteiger partial charge in [-0.2, -0.15) is 5.26 Å². The van der Waals surface area contributed by atoms with E-state index in [2.05, 4.69) is 27.3 Å². The lowest BCUT2D eigenvalue weighted by Crippen LogP contribution is -2.37. The molecule has 90 valence electrons. The molecule has 0 saturated carbocycles. The Balaban J connectivity index is 2.26. The first-order valence-corrected chi connectivity index (χ1v) is 7.72. The first-order valence-electron chi connectivity index (χ1n) is 5.10. The Labute approximate surface area is 109 Å². The monoisotopic (exact) mass is 314 g/mol. The summed E-state index contributed by atoms with van der Waals surface area (Å²) in [6, 6.07) is 9.44. The van der Waals surface area contributed by atoms with E-state index < -0.39 is 15.4 Å². The van der Waals surface area contributed by atoms with Gasteiger partial charge in [-0.25, -0.2) is 8.42 Å². The highest BCUT2D eigenvalue weighted by Gasteiger charge is 2.42. The highest BCUT2D eigenvalue weighted by Crippen LogP contribution is 2.28. The van der Waals surface area contributed by atoms with E-state index in [0.29, 0.717) is 6.42 Å². The van der Waals surface area contributed by atoms with Crippen molar-refractivity contribution in [3.8, 4) is 6.07 Å². The zero-order chi connectivity index (χ0) is 12.5. The Morgan fingerprint density at radius 2 is 2.24 bits per heavy atom. The van der Waals surface area contributed by atoms with Gasteiger partial charge in [0.1, 0.15) is 5.54 Å². The molecule has 1 aliphatic rings. The second-order valence-electron chi connectivity index (χ2n) is 4.17. The minimum absolute atomic E-state index is 0.0710. The van der Waals surface area contributed by atoms with Gasteiger partial charge in [0, 0.05) is 10.2 Å². The van der Waals surface area contributed by atoms with Gasteiger partial charge in [-0.05, 0) is 24.6 Å². The number of halogens is 1. The van der Waals surface area contributed by atoms with Crippen LogP contribution in [-0.4, -0.2) is 25.5 Å². The van der Waals surface area contributed by atoms with E-state index in [1.807, 2.05) is 24.3 Å². The van der Waals surface area contributed by atoms with E-state index in [0.717, 1.165) is 10.2 Å². The third kappa shape index (κ3) is 2.79. The molecule has 0 bridgehead atoms. The van der Waals surface area contributed by atoms with Gasteiger partial charge in [0.15, 0.2) is 9.84 Å². The minimum Gasteiger partial charge on any atom is -0.366 e. The first kappa shape index (κ1) is 12.4. The molecule has 1 heterocycles. The molecule has 2 rings (SSSR count). The molecule has 1 aliphatic heterocycles. The van der Waals surface area contributed by atoms with Crippen molar-refractivity contribution in [2.45, 2.75) is 12.0 Å². The maximum absolute atomic E-state index is 11.5. The molecule has 4 nitrogen and oxygen atoms in total. The molecule has 6 heteroatoms. The lowest BCUT2D eigenvalue weighted by molar-refractivity contribution is 0.599. The smallest absolute Gasteiger partial charge is 0.153 e. The third-order valence-corrected chi connectivity index (χ3v) is 4.98. The summed E-state index contributed by atoms with van der Waals surface area (Å²) in [4.78, 5) is 0. The summed E-state index contributed by atoms with van der Waals surface area (Å²) in [5.41, 5.74) is -0.238. The molecule has 17 heavy (non-hydrogen) atoms. The number of sulfone groups is 1. The molecule has 1 unspecified atom stereocenters. The standard InChI is InChI=1S/C11H11BrN2O2S/c12-9-2-1-3-10(6-9)14-11(7-13)4-5-17(15,16)8-11/h1-3,6,14H,4-5,8H2. The molecule has 0 spiro atoms. The maximum Gasteiger partial charge on any atom is 0.153 e. The van der Waals surface area contributed by atoms with Gasteiger partial charge in [0.2, 0.25) is 0 Å². The maximum atomic E-state index is 11.5. The second-order valence-corrected chi connectivity index (χ2v) is 7.27. The summed E-state index contributed by atoms with van der Waals surface area (Å²) in [7, 11) is -3.09. The van der Waals surface area contributed by atoms with Crippen molar-refractivity contribution in [3.63, 3.8) is 0 Å². The van der Waals surface area contributed by atoms with Crippen LogP contribution in [0.5, 0.6) is 0 Å². The van der Waals surface area contributed by atoms with Gasteiger partial charge in [-0.15, -0.1) is 0 Å². The molecular formula is C11H11BrN2O2S. The summed E-state index contributed by atoms with van der Waals surface area (Å²) >= 11 is 3.33. The van der Waals surface area contributed by atoms with Crippen molar-refractivity contribution in [3.05, 3.63) is 28.7 Å². The molecule has 1 aromatic carbocycles. The fraction of sp³-hybridized carbons (Fsp3) is 0.364. The van der Waals surface area contributed by atoms with Crippen molar-refractivity contribution in [1.82, 2.24) is 0 Å². The quantitative estimate of drug-likeness (QED) is 0.905. The summed E-state index contributed by atoms with van der Waals surface area (Å²) in [6.45, 7) is 0. The molecule has 1 fully saturated rings. The van der Waals surface area contributed by atoms with E-state index in [4.69, 9.17) is 0 Å². The number of nitriles is 1. The van der Waals surface area contributed by atoms with Crippen LogP contribution >= 0.6 is 15.9 Å². The average Bonchev–Trinajstić information content (AvgIpc) is 2.55. The second kappa shape index (κ2) is 4.31. The van der Waals surface area contributed by atoms with E-state index in [-0.39, 0.29) is 11.5 Å². The van der Waals surface area contributed by atoms with E-state index in [9.17, 15) is 13.7 Å². The summed E-state index contributed by atoms with van der Waals surface area (Å²) in [5.74, 6) is -0.0510. The third-order valence-electron chi connectivity index (χ3n) is 2.73. The van der Waals surface area contributed by atoms with Crippen LogP contribution in [0.3, 0.4) is 0 Å². The van der Waals surface area contributed by atoms with Crippen LogP contribution in [-0.2, 0) is 9.84 Å². The molecular weight excluding hydrogens is 304 g/mol. The Morgan fingerprint density at radius 1 is 1.47 bits per heavy atom. The summed E-state index contributed by atoms with van der Waals surface area (Å²) in [6.07, 6.45) is 0.332. The SMILES string of the molecule is N#CC1(Nc2cccc(Br)c2)CCS(=O)(=O)C1. The topological polar surface area (TPSA) is 70.0 Å². The van der Waals surface area contributed by atoms with Crippen LogP contribution in [0.2, 0.25) is 0 Å². The van der Waals surface area contributed by atoms with Crippen LogP contribution in [0.25, 0.3) is 0 Å². The summed E-state index contributed by atoms with van der Waals surface area (Å²) in [5, 5.41) is 12.2. The predicted molar refractivity (Wildman–Crippen MR) is 69.4 cm³/mol. The number of rotatable bonds is 2. The predicted octanol–water partition coefficient (Wildman–Crippen LogP) is 1.94. The fourth-order valence-corrected chi connectivity index (χ4v) is 4.14. The number of hydrogen-bond donors (Lipinski definition) is 1. The van der Waals surface area contributed by atoms with Gasteiger partial charge >= 0.3 is 0 Å². The Morgan fingerprint density at radius 3 is 2.76 bits per heavy atom. The lowest BCUT2D eigenvalue weighted by atomic mass is 10.0. The van der Waals surface area contributed by atoms with Crippen molar-refractivity contribution in [1.29, 1.82) is 5.26 Å². The van der Waals surface area contributed by atoms with Crippen LogP contribution < -0.4 is 5.32 Å². The highest BCUT2D eigenvalue weighted by atomic mass is 79.9. The van der Waals surface area contributed by atoms with Gasteiger partial charge in [-0.1, -0.05) is 22.0 Å². The van der Waals surface area contributed by atoms with Crippen molar-refractivity contribution >= 4 is 31.5 Å². The molecule has 1 atom stereocenters. The normalized spacial score (nSPS) is 26.4. The van der Waals surface area contributed by atoms with E-state index in [1.165, 1.54) is 0 Å². The van der Waals surface area contributed by atoms with Crippen LogP contribution in [0, 0.1) is 11.3 Å². The van der Waals surface area contributed by atoms with E-state index in [1.54, 1.807) is 0 Å². The van der Waals surface area contributed by atoms with Gasteiger partial charge in [-0.3, -0.25) is 0 Å². The molecule has 0 amide bonds. The highest BCUT2D eigenvalue weighted by molar-refractivity contribution is 9.10. The number of hydrogen-bond acceptors (Lipinski definition) is 4. The average molecular weight is 315 g/mol. The van der Waals surface area contributed by atoms with Crippen molar-refractivity contribution in [2.75, 3.05) is 16.8 Å². The largest absolute Gasteiger partial charge is 0.366 e. The van der Waals surface area contributed by atoms with Gasteiger partial charge < -0.3 is 5.32 Å². The number of nitrogens with one attached hydrogen (secondary N) is 1. The van der Waals surface area contributed by atoms with Crippen LogP contribution in [0.4, 0.5) is 5.69 Å². The Bertz CT molecular complexity index is 579. The molecule has 1 N–H and O–H groups in total. The van der Waals surface area contributed by atoms with Crippen molar-refractivity contribution < 1.29 is 8.42 Å². The van der Waals surface area contributed by atoms with Crippen LogP contribution in [0.15, 0.2) is 28.7 Å². The van der Waals surface area contributed by atoms with E-state index >= 15 is 0 Å². The van der Waals surface area contributed by atoms with Crippen LogP contribution in [0.1, 0.15) is 6.42 Å². The zero-order valence-electron chi connectivity index (χ0n) is 8.98. The fourth-order valence-electron chi connectivity index (χ4n) is 1.91. The molecule has 0 radical (unpaired) electrons. The van der Waals surface area contributed by atoms with Gasteiger partial charge in [0.25, 0.3) is 0 Å².